The van der Waals surface area contributed by atoms with Crippen molar-refractivity contribution in [3.63, 3.8) is 0 Å². The van der Waals surface area contributed by atoms with Crippen LogP contribution in [0.1, 0.15) is 37.8 Å². The number of anilines is 1. The maximum atomic E-state index is 11.6. The molecule has 0 saturated carbocycles. The third-order valence-electron chi connectivity index (χ3n) is 2.64. The Morgan fingerprint density at radius 2 is 2.00 bits per heavy atom. The fourth-order valence-corrected chi connectivity index (χ4v) is 1.50. The van der Waals surface area contributed by atoms with Crippen LogP contribution in [0, 0.1) is 6.92 Å². The molecule has 0 aliphatic heterocycles. The zero-order valence-electron chi connectivity index (χ0n) is 11.2. The molecule has 18 heavy (non-hydrogen) atoms. The highest BCUT2D eigenvalue weighted by Crippen LogP contribution is 2.22. The number of carbonyl (C=O) groups excluding carboxylic acids is 2. The Kier molecular flexibility index (Phi) is 4.89. The molecule has 0 saturated heterocycles. The summed E-state index contributed by atoms with van der Waals surface area (Å²) >= 11 is 0. The van der Waals surface area contributed by atoms with Gasteiger partial charge in [-0.25, -0.2) is 4.79 Å². The molecule has 0 unspecified atom stereocenters. The van der Waals surface area contributed by atoms with E-state index in [-0.39, 0.29) is 6.61 Å². The molecule has 1 N–H and O–H groups in total. The minimum atomic E-state index is -0.855. The first-order valence-corrected chi connectivity index (χ1v) is 6.04. The Bertz CT molecular complexity index is 452. The van der Waals surface area contributed by atoms with Crippen molar-refractivity contribution < 1.29 is 14.3 Å². The molecular weight excluding hydrogens is 230 g/mol. The van der Waals surface area contributed by atoms with Crippen molar-refractivity contribution in [3.8, 4) is 0 Å². The normalized spacial score (nSPS) is 10.3. The number of esters is 1. The summed E-state index contributed by atoms with van der Waals surface area (Å²) in [7, 11) is 0. The van der Waals surface area contributed by atoms with Crippen molar-refractivity contribution >= 4 is 17.6 Å². The molecule has 0 heterocycles. The zero-order valence-corrected chi connectivity index (χ0v) is 11.2. The second-order valence-electron chi connectivity index (χ2n) is 4.40. The first-order valence-electron chi connectivity index (χ1n) is 6.04. The predicted molar refractivity (Wildman–Crippen MR) is 70.5 cm³/mol. The summed E-state index contributed by atoms with van der Waals surface area (Å²) in [5.41, 5.74) is 2.68. The minimum absolute atomic E-state index is 0.192. The van der Waals surface area contributed by atoms with Gasteiger partial charge in [0, 0.05) is 5.69 Å². The Hall–Kier alpha value is -1.84. The number of amides is 1. The quantitative estimate of drug-likeness (QED) is 0.661. The largest absolute Gasteiger partial charge is 0.459 e. The van der Waals surface area contributed by atoms with Gasteiger partial charge in [0.15, 0.2) is 0 Å². The molecular formula is C14H19NO3. The van der Waals surface area contributed by atoms with E-state index in [1.165, 1.54) is 0 Å². The van der Waals surface area contributed by atoms with Crippen molar-refractivity contribution in [2.45, 2.75) is 33.6 Å². The Morgan fingerprint density at radius 3 is 2.56 bits per heavy atom. The molecule has 1 aromatic rings. The van der Waals surface area contributed by atoms with Gasteiger partial charge in [-0.15, -0.1) is 0 Å². The topological polar surface area (TPSA) is 55.4 Å². The SMILES string of the molecule is CCOC(=O)C(=O)Nc1cc(C(C)C)ccc1C. The number of nitrogens with one attached hydrogen (secondary N) is 1. The number of rotatable bonds is 3. The Labute approximate surface area is 107 Å². The summed E-state index contributed by atoms with van der Waals surface area (Å²) in [5.74, 6) is -1.23. The molecule has 0 radical (unpaired) electrons. The standard InChI is InChI=1S/C14H19NO3/c1-5-18-14(17)13(16)15-12-8-11(9(2)3)7-6-10(12)4/h6-9H,5H2,1-4H3,(H,15,16). The summed E-state index contributed by atoms with van der Waals surface area (Å²) < 4.78 is 4.64. The molecule has 0 fully saturated rings. The average Bonchev–Trinajstić information content (AvgIpc) is 2.31. The molecule has 0 aliphatic carbocycles. The van der Waals surface area contributed by atoms with Crippen molar-refractivity contribution in [2.75, 3.05) is 11.9 Å². The fourth-order valence-electron chi connectivity index (χ4n) is 1.50. The molecule has 0 spiro atoms. The summed E-state index contributed by atoms with van der Waals surface area (Å²) in [6, 6.07) is 5.83. The van der Waals surface area contributed by atoms with Crippen molar-refractivity contribution in [2.24, 2.45) is 0 Å². The van der Waals surface area contributed by atoms with Crippen LogP contribution in [0.4, 0.5) is 5.69 Å². The molecule has 0 atom stereocenters. The summed E-state index contributed by atoms with van der Waals surface area (Å²) in [4.78, 5) is 22.8. The highest BCUT2D eigenvalue weighted by atomic mass is 16.5. The van der Waals surface area contributed by atoms with Crippen molar-refractivity contribution in [3.05, 3.63) is 29.3 Å². The zero-order chi connectivity index (χ0) is 13.7. The second-order valence-corrected chi connectivity index (χ2v) is 4.40. The number of aryl methyl sites for hydroxylation is 1. The van der Waals surface area contributed by atoms with Crippen molar-refractivity contribution in [1.82, 2.24) is 0 Å². The first kappa shape index (κ1) is 14.2. The fraction of sp³-hybridized carbons (Fsp3) is 0.429. The van der Waals surface area contributed by atoms with E-state index in [0.29, 0.717) is 11.6 Å². The Morgan fingerprint density at radius 1 is 1.33 bits per heavy atom. The number of benzene rings is 1. The van der Waals surface area contributed by atoms with Gasteiger partial charge in [-0.3, -0.25) is 4.79 Å². The van der Waals surface area contributed by atoms with Gasteiger partial charge < -0.3 is 10.1 Å². The van der Waals surface area contributed by atoms with E-state index in [1.807, 2.05) is 25.1 Å². The third kappa shape index (κ3) is 3.58. The second kappa shape index (κ2) is 6.19. The van der Waals surface area contributed by atoms with Gasteiger partial charge in [0.25, 0.3) is 0 Å². The maximum Gasteiger partial charge on any atom is 0.397 e. The van der Waals surface area contributed by atoms with Crippen LogP contribution in [0.5, 0.6) is 0 Å². The minimum Gasteiger partial charge on any atom is -0.459 e. The third-order valence-corrected chi connectivity index (χ3v) is 2.64. The molecule has 4 heteroatoms. The van der Waals surface area contributed by atoms with E-state index in [2.05, 4.69) is 23.9 Å². The molecule has 1 aromatic carbocycles. The molecule has 0 bridgehead atoms. The number of hydrogen-bond donors (Lipinski definition) is 1. The maximum absolute atomic E-state index is 11.6. The van der Waals surface area contributed by atoms with Crippen LogP contribution in [0.15, 0.2) is 18.2 Å². The van der Waals surface area contributed by atoms with Gasteiger partial charge in [0.1, 0.15) is 0 Å². The summed E-state index contributed by atoms with van der Waals surface area (Å²) in [5, 5.41) is 2.58. The number of hydrogen-bond acceptors (Lipinski definition) is 3. The van der Waals surface area contributed by atoms with Crippen LogP contribution in [0.2, 0.25) is 0 Å². The molecule has 4 nitrogen and oxygen atoms in total. The monoisotopic (exact) mass is 249 g/mol. The summed E-state index contributed by atoms with van der Waals surface area (Å²) in [6.07, 6.45) is 0. The molecule has 0 aromatic heterocycles. The lowest BCUT2D eigenvalue weighted by Gasteiger charge is -2.12. The van der Waals surface area contributed by atoms with Gasteiger partial charge >= 0.3 is 11.9 Å². The predicted octanol–water partition coefficient (Wildman–Crippen LogP) is 2.62. The van der Waals surface area contributed by atoms with E-state index in [4.69, 9.17) is 0 Å². The van der Waals surface area contributed by atoms with Crippen LogP contribution in [0.3, 0.4) is 0 Å². The lowest BCUT2D eigenvalue weighted by molar-refractivity contribution is -0.152. The van der Waals surface area contributed by atoms with E-state index in [1.54, 1.807) is 6.92 Å². The van der Waals surface area contributed by atoms with E-state index in [0.717, 1.165) is 11.1 Å². The van der Waals surface area contributed by atoms with E-state index in [9.17, 15) is 9.59 Å². The molecule has 1 amide bonds. The number of carbonyl (C=O) groups is 2. The van der Waals surface area contributed by atoms with E-state index < -0.39 is 11.9 Å². The van der Waals surface area contributed by atoms with Gasteiger partial charge in [-0.05, 0) is 37.0 Å². The van der Waals surface area contributed by atoms with Crippen LogP contribution in [0.25, 0.3) is 0 Å². The average molecular weight is 249 g/mol. The van der Waals surface area contributed by atoms with Gasteiger partial charge in [0.05, 0.1) is 6.61 Å². The van der Waals surface area contributed by atoms with Crippen LogP contribution in [-0.4, -0.2) is 18.5 Å². The highest BCUT2D eigenvalue weighted by Gasteiger charge is 2.16. The van der Waals surface area contributed by atoms with E-state index >= 15 is 0 Å². The lowest BCUT2D eigenvalue weighted by Crippen LogP contribution is -2.25. The van der Waals surface area contributed by atoms with Crippen LogP contribution >= 0.6 is 0 Å². The van der Waals surface area contributed by atoms with Gasteiger partial charge in [0.2, 0.25) is 0 Å². The summed E-state index contributed by atoms with van der Waals surface area (Å²) in [6.45, 7) is 7.88. The molecule has 98 valence electrons. The van der Waals surface area contributed by atoms with Gasteiger partial charge in [-0.2, -0.15) is 0 Å². The van der Waals surface area contributed by atoms with Crippen LogP contribution in [-0.2, 0) is 14.3 Å². The lowest BCUT2D eigenvalue weighted by atomic mass is 10.0. The van der Waals surface area contributed by atoms with Gasteiger partial charge in [-0.1, -0.05) is 26.0 Å². The molecule has 0 aliphatic rings. The molecule has 1 rings (SSSR count). The van der Waals surface area contributed by atoms with Crippen LogP contribution < -0.4 is 5.32 Å². The smallest absolute Gasteiger partial charge is 0.397 e. The Balaban J connectivity index is 2.86. The van der Waals surface area contributed by atoms with Crippen molar-refractivity contribution in [1.29, 1.82) is 0 Å². The number of ether oxygens (including phenoxy) is 1. The highest BCUT2D eigenvalue weighted by molar-refractivity contribution is 6.37. The first-order chi connectivity index (χ1) is 8.45.